The molecule has 0 spiro atoms. The maximum absolute atomic E-state index is 13.1. The van der Waals surface area contributed by atoms with Crippen molar-refractivity contribution in [2.24, 2.45) is 0 Å². The molecule has 4 fully saturated rings. The van der Waals surface area contributed by atoms with Crippen LogP contribution >= 0.6 is 0 Å². The highest BCUT2D eigenvalue weighted by Crippen LogP contribution is 2.38. The van der Waals surface area contributed by atoms with E-state index in [2.05, 4.69) is 0 Å². The van der Waals surface area contributed by atoms with E-state index in [4.69, 9.17) is 56.8 Å². The van der Waals surface area contributed by atoms with Gasteiger partial charge in [0.25, 0.3) is 0 Å². The van der Waals surface area contributed by atoms with Crippen molar-refractivity contribution in [1.29, 1.82) is 0 Å². The Morgan fingerprint density at radius 2 is 0.942 bits per heavy atom. The molecule has 12 atom stereocenters. The number of carbonyl (C=O) groups is 4. The number of methoxy groups -OCH3 is 2. The van der Waals surface area contributed by atoms with Gasteiger partial charge in [0.1, 0.15) is 24.4 Å². The van der Waals surface area contributed by atoms with Gasteiger partial charge in [0.15, 0.2) is 49.6 Å². The smallest absolute Gasteiger partial charge is 0.331 e. The SMILES string of the molecule is CO[C@H]1OC2COC(c3ccccc3)O[C@H]2C(OC(C)=O)C1OC(=O)/C=C/C(=O)OC1C(OC(C)=O)[C@@H]2OC(c3ccccc3)OCC2O[C@@H]1OC. The largest absolute Gasteiger partial charge is 0.455 e. The van der Waals surface area contributed by atoms with Gasteiger partial charge in [-0.25, -0.2) is 9.59 Å². The molecule has 0 aromatic heterocycles. The van der Waals surface area contributed by atoms with E-state index < -0.39 is 97.9 Å². The molecule has 4 aliphatic rings. The molecule has 16 nitrogen and oxygen atoms in total. The van der Waals surface area contributed by atoms with E-state index in [9.17, 15) is 19.2 Å². The van der Waals surface area contributed by atoms with Crippen LogP contribution in [0.15, 0.2) is 72.8 Å². The van der Waals surface area contributed by atoms with E-state index in [1.54, 1.807) is 0 Å². The van der Waals surface area contributed by atoms with E-state index >= 15 is 0 Å². The number of hydrogen-bond acceptors (Lipinski definition) is 16. The first-order chi connectivity index (χ1) is 25.1. The van der Waals surface area contributed by atoms with Gasteiger partial charge in [-0.05, 0) is 0 Å². The second kappa shape index (κ2) is 17.0. The topological polar surface area (TPSA) is 179 Å². The first-order valence-corrected chi connectivity index (χ1v) is 16.6. The van der Waals surface area contributed by atoms with Crippen molar-refractivity contribution in [3.05, 3.63) is 83.9 Å². The number of benzene rings is 2. The lowest BCUT2D eigenvalue weighted by molar-refractivity contribution is -0.359. The normalized spacial score (nSPS) is 34.3. The second-order valence-corrected chi connectivity index (χ2v) is 12.2. The highest BCUT2D eigenvalue weighted by atomic mass is 16.8. The average molecular weight is 729 g/mol. The second-order valence-electron chi connectivity index (χ2n) is 12.2. The molecular formula is C36H40O16. The zero-order valence-corrected chi connectivity index (χ0v) is 28.8. The van der Waals surface area contributed by atoms with Crippen molar-refractivity contribution in [2.75, 3.05) is 27.4 Å². The Morgan fingerprint density at radius 1 is 0.558 bits per heavy atom. The minimum atomic E-state index is -1.31. The fourth-order valence-electron chi connectivity index (χ4n) is 6.42. The predicted molar refractivity (Wildman–Crippen MR) is 171 cm³/mol. The molecule has 2 aromatic rings. The molecule has 6 rings (SSSR count). The third-order valence-electron chi connectivity index (χ3n) is 8.64. The molecule has 4 heterocycles. The van der Waals surface area contributed by atoms with Gasteiger partial charge >= 0.3 is 23.9 Å². The van der Waals surface area contributed by atoms with E-state index in [-0.39, 0.29) is 13.2 Å². The van der Waals surface area contributed by atoms with Gasteiger partial charge in [0, 0.05) is 51.3 Å². The standard InChI is InChI=1S/C36H40O16/c1-19(37)45-29-27-23(17-43-33(51-27)21-11-7-5-8-12-21)47-35(41-3)31(29)49-25(39)15-16-26(40)50-32-30(46-20(2)38)28-24(48-36(32)42-4)18-44-34(52-28)22-13-9-6-10-14-22/h5-16,23-24,27-36H,17-18H2,1-4H3/b16-15+/t23?,24?,27-,28-,29?,30?,31?,32?,33?,34?,35+,36+/m1/s1. The van der Waals surface area contributed by atoms with Gasteiger partial charge in [0.05, 0.1) is 13.2 Å². The molecule has 16 heteroatoms. The van der Waals surface area contributed by atoms with Crippen LogP contribution in [-0.2, 0) is 76.0 Å². The molecule has 52 heavy (non-hydrogen) atoms. The summed E-state index contributed by atoms with van der Waals surface area (Å²) in [5, 5.41) is 0. The Morgan fingerprint density at radius 3 is 1.29 bits per heavy atom. The zero-order chi connectivity index (χ0) is 36.8. The van der Waals surface area contributed by atoms with Crippen molar-refractivity contribution in [3.8, 4) is 0 Å². The van der Waals surface area contributed by atoms with Crippen molar-refractivity contribution in [3.63, 3.8) is 0 Å². The highest BCUT2D eigenvalue weighted by molar-refractivity contribution is 5.91. The van der Waals surface area contributed by atoms with Crippen molar-refractivity contribution >= 4 is 23.9 Å². The quantitative estimate of drug-likeness (QED) is 0.197. The van der Waals surface area contributed by atoms with Crippen LogP contribution in [0.3, 0.4) is 0 Å². The zero-order valence-electron chi connectivity index (χ0n) is 28.8. The number of rotatable bonds is 10. The van der Waals surface area contributed by atoms with E-state index in [1.165, 1.54) is 28.1 Å². The average Bonchev–Trinajstić information content (AvgIpc) is 3.15. The van der Waals surface area contributed by atoms with E-state index in [1.807, 2.05) is 60.7 Å². The van der Waals surface area contributed by atoms with Crippen LogP contribution in [0.25, 0.3) is 0 Å². The lowest BCUT2D eigenvalue weighted by Crippen LogP contribution is -2.64. The summed E-state index contributed by atoms with van der Waals surface area (Å²) < 4.78 is 69.4. The van der Waals surface area contributed by atoms with Crippen molar-refractivity contribution < 1.29 is 76.0 Å². The summed E-state index contributed by atoms with van der Waals surface area (Å²) in [5.74, 6) is -3.37. The first kappa shape index (κ1) is 37.5. The third-order valence-corrected chi connectivity index (χ3v) is 8.64. The monoisotopic (exact) mass is 728 g/mol. The summed E-state index contributed by atoms with van der Waals surface area (Å²) in [7, 11) is 2.65. The fraction of sp³-hybridized carbons (Fsp3) is 0.500. The number of fused-ring (bicyclic) bond motifs is 2. The highest BCUT2D eigenvalue weighted by Gasteiger charge is 2.55. The minimum absolute atomic E-state index is 0.0720. The summed E-state index contributed by atoms with van der Waals surface area (Å²) in [6, 6.07) is 18.2. The fourth-order valence-corrected chi connectivity index (χ4v) is 6.42. The first-order valence-electron chi connectivity index (χ1n) is 16.6. The van der Waals surface area contributed by atoms with E-state index in [0.29, 0.717) is 0 Å². The van der Waals surface area contributed by atoms with Gasteiger partial charge in [-0.15, -0.1) is 0 Å². The predicted octanol–water partition coefficient (Wildman–Crippen LogP) is 2.20. The molecule has 0 N–H and O–H groups in total. The van der Waals surface area contributed by atoms with Crippen LogP contribution < -0.4 is 0 Å². The third kappa shape index (κ3) is 8.67. The lowest BCUT2D eigenvalue weighted by Gasteiger charge is -2.47. The molecule has 0 bridgehead atoms. The van der Waals surface area contributed by atoms with Gasteiger partial charge < -0.3 is 56.8 Å². The minimum Gasteiger partial charge on any atom is -0.455 e. The molecule has 4 aliphatic heterocycles. The van der Waals surface area contributed by atoms with Crippen LogP contribution in [0.4, 0.5) is 0 Å². The van der Waals surface area contributed by atoms with Crippen molar-refractivity contribution in [2.45, 2.75) is 87.8 Å². The molecule has 0 aliphatic carbocycles. The summed E-state index contributed by atoms with van der Waals surface area (Å²) in [6.07, 6.45) is -10.6. The maximum atomic E-state index is 13.1. The van der Waals surface area contributed by atoms with Gasteiger partial charge in [0.2, 0.25) is 0 Å². The molecule has 0 amide bonds. The Balaban J connectivity index is 1.14. The summed E-state index contributed by atoms with van der Waals surface area (Å²) >= 11 is 0. The lowest BCUT2D eigenvalue weighted by atomic mass is 9.97. The number of carbonyl (C=O) groups excluding carboxylic acids is 4. The van der Waals surface area contributed by atoms with Crippen LogP contribution in [0.2, 0.25) is 0 Å². The summed E-state index contributed by atoms with van der Waals surface area (Å²) in [4.78, 5) is 50.7. The number of ether oxygens (including phenoxy) is 12. The van der Waals surface area contributed by atoms with Crippen molar-refractivity contribution in [1.82, 2.24) is 0 Å². The van der Waals surface area contributed by atoms with Gasteiger partial charge in [-0.2, -0.15) is 0 Å². The van der Waals surface area contributed by atoms with Crippen LogP contribution in [-0.4, -0.2) is 113 Å². The Hall–Kier alpha value is -4.26. The number of esters is 4. The summed E-state index contributed by atoms with van der Waals surface area (Å²) in [6.45, 7) is 2.55. The van der Waals surface area contributed by atoms with Gasteiger partial charge in [-0.3, -0.25) is 9.59 Å². The molecule has 0 saturated carbocycles. The van der Waals surface area contributed by atoms with Crippen LogP contribution in [0.5, 0.6) is 0 Å². The molecule has 2 aromatic carbocycles. The Labute approximate surface area is 299 Å². The Bertz CT molecular complexity index is 1450. The maximum Gasteiger partial charge on any atom is 0.331 e. The molecule has 4 saturated heterocycles. The van der Waals surface area contributed by atoms with Crippen LogP contribution in [0, 0.1) is 0 Å². The molecule has 0 radical (unpaired) electrons. The molecular weight excluding hydrogens is 688 g/mol. The summed E-state index contributed by atoms with van der Waals surface area (Å²) in [5.41, 5.74) is 1.44. The van der Waals surface area contributed by atoms with E-state index in [0.717, 1.165) is 23.3 Å². The van der Waals surface area contributed by atoms with Crippen LogP contribution in [0.1, 0.15) is 37.6 Å². The molecule has 8 unspecified atom stereocenters. The Kier molecular flexibility index (Phi) is 12.3. The molecule has 280 valence electrons. The van der Waals surface area contributed by atoms with Gasteiger partial charge in [-0.1, -0.05) is 60.7 Å². The number of hydrogen-bond donors (Lipinski definition) is 0.